The molecule has 1 heterocycles. The summed E-state index contributed by atoms with van der Waals surface area (Å²) >= 11 is 0. The lowest BCUT2D eigenvalue weighted by atomic mass is 10.1. The fourth-order valence-corrected chi connectivity index (χ4v) is 2.34. The van der Waals surface area contributed by atoms with Crippen LogP contribution in [0.1, 0.15) is 16.8 Å². The van der Waals surface area contributed by atoms with Crippen LogP contribution in [-0.4, -0.2) is 28.0 Å². The monoisotopic (exact) mass is 345 g/mol. The molecule has 2 aromatic carbocycles. The van der Waals surface area contributed by atoms with Gasteiger partial charge in [-0.15, -0.1) is 0 Å². The Morgan fingerprint density at radius 1 is 1.19 bits per heavy atom. The zero-order chi connectivity index (χ0) is 18.4. The molecule has 0 unspecified atom stereocenters. The van der Waals surface area contributed by atoms with E-state index in [2.05, 4.69) is 26.5 Å². The van der Waals surface area contributed by atoms with Crippen molar-refractivity contribution in [3.8, 4) is 11.8 Å². The molecule has 0 aliphatic carbocycles. The molecule has 1 aromatic heterocycles. The number of hydrogen-bond donors (Lipinski definition) is 2. The highest BCUT2D eigenvalue weighted by Gasteiger charge is 2.12. The Morgan fingerprint density at radius 3 is 2.69 bits per heavy atom. The standard InChI is InChI=1S/C19H15N5O2/c1-26-16-4-2-3-14(11-16)18(24-25)17-9-10-21-19(23-17)22-15-7-5-13(12-20)6-8-15/h2-11,25H,1H3,(H,21,22,23)/b24-18-. The molecule has 7 nitrogen and oxygen atoms in total. The first-order valence-electron chi connectivity index (χ1n) is 7.70. The van der Waals surface area contributed by atoms with Gasteiger partial charge in [-0.3, -0.25) is 0 Å². The fraction of sp³-hybridized carbons (Fsp3) is 0.0526. The average molecular weight is 345 g/mol. The molecule has 0 bridgehead atoms. The molecule has 0 amide bonds. The number of nitriles is 1. The van der Waals surface area contributed by atoms with Crippen LogP contribution in [0, 0.1) is 11.3 Å². The highest BCUT2D eigenvalue weighted by atomic mass is 16.5. The number of nitrogens with zero attached hydrogens (tertiary/aromatic N) is 4. The Labute approximate surface area is 150 Å². The topological polar surface area (TPSA) is 103 Å². The summed E-state index contributed by atoms with van der Waals surface area (Å²) in [5.41, 5.74) is 2.72. The largest absolute Gasteiger partial charge is 0.497 e. The van der Waals surface area contributed by atoms with E-state index in [-0.39, 0.29) is 0 Å². The predicted molar refractivity (Wildman–Crippen MR) is 96.9 cm³/mol. The minimum Gasteiger partial charge on any atom is -0.497 e. The van der Waals surface area contributed by atoms with Crippen LogP contribution in [0.4, 0.5) is 11.6 Å². The van der Waals surface area contributed by atoms with Crippen molar-refractivity contribution in [3.63, 3.8) is 0 Å². The molecule has 0 atom stereocenters. The third kappa shape index (κ3) is 3.76. The molecule has 2 N–H and O–H groups in total. The first-order chi connectivity index (χ1) is 12.7. The Bertz CT molecular complexity index is 978. The normalized spacial score (nSPS) is 10.8. The van der Waals surface area contributed by atoms with Crippen LogP contribution in [0.5, 0.6) is 5.75 Å². The summed E-state index contributed by atoms with van der Waals surface area (Å²) in [7, 11) is 1.57. The number of methoxy groups -OCH3 is 1. The maximum Gasteiger partial charge on any atom is 0.227 e. The third-order valence-electron chi connectivity index (χ3n) is 3.61. The van der Waals surface area contributed by atoms with Crippen molar-refractivity contribution in [1.29, 1.82) is 5.26 Å². The maximum absolute atomic E-state index is 9.47. The van der Waals surface area contributed by atoms with Gasteiger partial charge in [0, 0.05) is 17.4 Å². The van der Waals surface area contributed by atoms with Crippen LogP contribution < -0.4 is 10.1 Å². The minimum absolute atomic E-state index is 0.300. The van der Waals surface area contributed by atoms with Crippen LogP contribution in [0.2, 0.25) is 0 Å². The molecule has 0 saturated heterocycles. The lowest BCUT2D eigenvalue weighted by molar-refractivity contribution is 0.319. The van der Waals surface area contributed by atoms with Crippen molar-refractivity contribution in [1.82, 2.24) is 9.97 Å². The van der Waals surface area contributed by atoms with Gasteiger partial charge in [-0.2, -0.15) is 5.26 Å². The molecule has 0 aliphatic rings. The van der Waals surface area contributed by atoms with Crippen molar-refractivity contribution < 1.29 is 9.94 Å². The van der Waals surface area contributed by atoms with Gasteiger partial charge in [-0.25, -0.2) is 9.97 Å². The van der Waals surface area contributed by atoms with Gasteiger partial charge in [0.05, 0.1) is 24.4 Å². The second-order valence-corrected chi connectivity index (χ2v) is 5.26. The lowest BCUT2D eigenvalue weighted by Crippen LogP contribution is -2.08. The smallest absolute Gasteiger partial charge is 0.227 e. The molecule has 26 heavy (non-hydrogen) atoms. The minimum atomic E-state index is 0.300. The molecule has 0 fully saturated rings. The molecular weight excluding hydrogens is 330 g/mol. The van der Waals surface area contributed by atoms with E-state index in [9.17, 15) is 5.21 Å². The van der Waals surface area contributed by atoms with Crippen molar-refractivity contribution >= 4 is 17.3 Å². The summed E-state index contributed by atoms with van der Waals surface area (Å²) in [6, 6.07) is 17.8. The van der Waals surface area contributed by atoms with Gasteiger partial charge in [-0.1, -0.05) is 17.3 Å². The second kappa shape index (κ2) is 7.77. The van der Waals surface area contributed by atoms with Crippen LogP contribution in [0.25, 0.3) is 0 Å². The van der Waals surface area contributed by atoms with Gasteiger partial charge >= 0.3 is 0 Å². The Kier molecular flexibility index (Phi) is 5.05. The van der Waals surface area contributed by atoms with Crippen LogP contribution in [0.15, 0.2) is 65.9 Å². The van der Waals surface area contributed by atoms with Gasteiger partial charge < -0.3 is 15.3 Å². The van der Waals surface area contributed by atoms with Crippen molar-refractivity contribution in [2.24, 2.45) is 5.16 Å². The maximum atomic E-state index is 9.47. The summed E-state index contributed by atoms with van der Waals surface area (Å²) in [6.45, 7) is 0. The van der Waals surface area contributed by atoms with Gasteiger partial charge in [0.15, 0.2) is 0 Å². The van der Waals surface area contributed by atoms with E-state index in [1.165, 1.54) is 0 Å². The number of benzene rings is 2. The Hall–Kier alpha value is -3.92. The highest BCUT2D eigenvalue weighted by Crippen LogP contribution is 2.18. The van der Waals surface area contributed by atoms with E-state index in [4.69, 9.17) is 10.00 Å². The summed E-state index contributed by atoms with van der Waals surface area (Å²) in [6.07, 6.45) is 1.57. The predicted octanol–water partition coefficient (Wildman–Crippen LogP) is 3.33. The number of oxime groups is 1. The molecule has 3 rings (SSSR count). The summed E-state index contributed by atoms with van der Waals surface area (Å²) < 4.78 is 5.20. The summed E-state index contributed by atoms with van der Waals surface area (Å²) in [5.74, 6) is 0.991. The van der Waals surface area contributed by atoms with Gasteiger partial charge in [-0.05, 0) is 42.5 Å². The van der Waals surface area contributed by atoms with E-state index < -0.39 is 0 Å². The first-order valence-corrected chi connectivity index (χ1v) is 7.70. The Morgan fingerprint density at radius 2 is 2.00 bits per heavy atom. The molecule has 0 saturated carbocycles. The molecule has 0 radical (unpaired) electrons. The quantitative estimate of drug-likeness (QED) is 0.418. The van der Waals surface area contributed by atoms with Crippen LogP contribution >= 0.6 is 0 Å². The number of nitrogens with one attached hydrogen (secondary N) is 1. The first kappa shape index (κ1) is 16.9. The molecule has 7 heteroatoms. The number of ether oxygens (including phenoxy) is 1. The highest BCUT2D eigenvalue weighted by molar-refractivity contribution is 6.11. The van der Waals surface area contributed by atoms with Gasteiger partial charge in [0.2, 0.25) is 5.95 Å². The van der Waals surface area contributed by atoms with E-state index in [0.717, 1.165) is 5.69 Å². The Balaban J connectivity index is 1.88. The number of hydrogen-bond acceptors (Lipinski definition) is 7. The summed E-state index contributed by atoms with van der Waals surface area (Å²) in [5, 5.41) is 24.8. The average Bonchev–Trinajstić information content (AvgIpc) is 2.70. The zero-order valence-corrected chi connectivity index (χ0v) is 13.9. The lowest BCUT2D eigenvalue weighted by Gasteiger charge is -2.09. The number of aromatic nitrogens is 2. The molecule has 0 spiro atoms. The van der Waals surface area contributed by atoms with Crippen molar-refractivity contribution in [2.75, 3.05) is 12.4 Å². The van der Waals surface area contributed by atoms with E-state index >= 15 is 0 Å². The molecule has 0 aliphatic heterocycles. The van der Waals surface area contributed by atoms with Gasteiger partial charge in [0.1, 0.15) is 11.5 Å². The fourth-order valence-electron chi connectivity index (χ4n) is 2.34. The zero-order valence-electron chi connectivity index (χ0n) is 13.9. The van der Waals surface area contributed by atoms with Crippen LogP contribution in [-0.2, 0) is 0 Å². The summed E-state index contributed by atoms with van der Waals surface area (Å²) in [4.78, 5) is 8.57. The van der Waals surface area contributed by atoms with E-state index in [0.29, 0.717) is 34.2 Å². The van der Waals surface area contributed by atoms with Crippen LogP contribution in [0.3, 0.4) is 0 Å². The van der Waals surface area contributed by atoms with E-state index in [1.54, 1.807) is 67.9 Å². The SMILES string of the molecule is COc1cccc(/C(=N/O)c2ccnc(Nc3ccc(C#N)cc3)n2)c1. The van der Waals surface area contributed by atoms with E-state index in [1.807, 2.05) is 0 Å². The third-order valence-corrected chi connectivity index (χ3v) is 3.61. The molecular formula is C19H15N5O2. The number of anilines is 2. The number of rotatable bonds is 5. The van der Waals surface area contributed by atoms with Crippen molar-refractivity contribution in [3.05, 3.63) is 77.6 Å². The van der Waals surface area contributed by atoms with Crippen molar-refractivity contribution in [2.45, 2.75) is 0 Å². The van der Waals surface area contributed by atoms with Gasteiger partial charge in [0.25, 0.3) is 0 Å². The molecule has 3 aromatic rings. The molecule has 128 valence electrons. The second-order valence-electron chi connectivity index (χ2n) is 5.26.